The maximum absolute atomic E-state index is 12.0. The van der Waals surface area contributed by atoms with Crippen molar-refractivity contribution in [1.82, 2.24) is 5.32 Å². The number of para-hydroxylation sites is 1. The number of benzene rings is 2. The van der Waals surface area contributed by atoms with E-state index in [9.17, 15) is 18.0 Å². The quantitative estimate of drug-likeness (QED) is 0.592. The highest BCUT2D eigenvalue weighted by molar-refractivity contribution is 7.90. The van der Waals surface area contributed by atoms with Crippen LogP contribution in [-0.2, 0) is 14.6 Å². The lowest BCUT2D eigenvalue weighted by atomic mass is 10.3. The van der Waals surface area contributed by atoms with Gasteiger partial charge in [0.1, 0.15) is 12.4 Å². The van der Waals surface area contributed by atoms with E-state index in [0.717, 1.165) is 6.26 Å². The minimum atomic E-state index is -3.10. The summed E-state index contributed by atoms with van der Waals surface area (Å²) in [5, 5.41) is 7.97. The highest BCUT2D eigenvalue weighted by atomic mass is 32.2. The fourth-order valence-electron chi connectivity index (χ4n) is 2.18. The van der Waals surface area contributed by atoms with Gasteiger partial charge in [0.25, 0.3) is 0 Å². The molecule has 3 amide bonds. The summed E-state index contributed by atoms with van der Waals surface area (Å²) < 4.78 is 27.6. The molecule has 0 aromatic heterocycles. The van der Waals surface area contributed by atoms with Crippen LogP contribution >= 0.6 is 0 Å². The molecule has 0 saturated heterocycles. The SMILES string of the molecule is CS(=O)(=O)CCOc1cccc(NC(=O)CCNC(=O)Nc2ccccc2)c1. The van der Waals surface area contributed by atoms with E-state index in [4.69, 9.17) is 4.74 Å². The summed E-state index contributed by atoms with van der Waals surface area (Å²) in [6.07, 6.45) is 1.24. The predicted octanol–water partition coefficient (Wildman–Crippen LogP) is 2.26. The van der Waals surface area contributed by atoms with Crippen LogP contribution in [0.4, 0.5) is 16.2 Å². The topological polar surface area (TPSA) is 114 Å². The molecule has 3 N–H and O–H groups in total. The van der Waals surface area contributed by atoms with Crippen molar-refractivity contribution < 1.29 is 22.7 Å². The summed E-state index contributed by atoms with van der Waals surface area (Å²) in [6.45, 7) is 0.214. The van der Waals surface area contributed by atoms with Crippen LogP contribution in [0, 0.1) is 0 Å². The van der Waals surface area contributed by atoms with Crippen LogP contribution in [0.2, 0.25) is 0 Å². The summed E-state index contributed by atoms with van der Waals surface area (Å²) >= 11 is 0. The predicted molar refractivity (Wildman–Crippen MR) is 108 cm³/mol. The lowest BCUT2D eigenvalue weighted by molar-refractivity contribution is -0.116. The number of amides is 3. The molecule has 0 aliphatic rings. The van der Waals surface area contributed by atoms with E-state index in [1.807, 2.05) is 18.2 Å². The Hall–Kier alpha value is -3.07. The van der Waals surface area contributed by atoms with Crippen molar-refractivity contribution in [3.63, 3.8) is 0 Å². The molecule has 2 aromatic rings. The summed E-state index contributed by atoms with van der Waals surface area (Å²) in [5.41, 5.74) is 1.19. The average molecular weight is 405 g/mol. The Bertz CT molecular complexity index is 901. The molecule has 0 radical (unpaired) electrons. The number of anilines is 2. The van der Waals surface area contributed by atoms with Crippen LogP contribution in [0.25, 0.3) is 0 Å². The van der Waals surface area contributed by atoms with Crippen molar-refractivity contribution in [3.05, 3.63) is 54.6 Å². The summed E-state index contributed by atoms with van der Waals surface area (Å²) in [4.78, 5) is 23.8. The third-order valence-electron chi connectivity index (χ3n) is 3.51. The van der Waals surface area contributed by atoms with Gasteiger partial charge >= 0.3 is 6.03 Å². The number of sulfone groups is 1. The Morgan fingerprint density at radius 2 is 1.68 bits per heavy atom. The van der Waals surface area contributed by atoms with E-state index < -0.39 is 9.84 Å². The van der Waals surface area contributed by atoms with Gasteiger partial charge in [-0.15, -0.1) is 0 Å². The number of hydrogen-bond acceptors (Lipinski definition) is 5. The van der Waals surface area contributed by atoms with Crippen molar-refractivity contribution >= 4 is 33.2 Å². The van der Waals surface area contributed by atoms with Gasteiger partial charge in [0.05, 0.1) is 5.75 Å². The number of ether oxygens (including phenoxy) is 1. The first kappa shape index (κ1) is 21.2. The van der Waals surface area contributed by atoms with Crippen molar-refractivity contribution in [2.75, 3.05) is 35.8 Å². The van der Waals surface area contributed by atoms with Crippen molar-refractivity contribution in [2.45, 2.75) is 6.42 Å². The molecule has 0 spiro atoms. The lowest BCUT2D eigenvalue weighted by Crippen LogP contribution is -2.31. The number of nitrogens with one attached hydrogen (secondary N) is 3. The second kappa shape index (κ2) is 10.3. The fraction of sp³-hybridized carbons (Fsp3) is 0.263. The van der Waals surface area contributed by atoms with Gasteiger partial charge in [0.15, 0.2) is 9.84 Å². The Morgan fingerprint density at radius 3 is 2.39 bits per heavy atom. The number of urea groups is 1. The summed E-state index contributed by atoms with van der Waals surface area (Å²) in [6, 6.07) is 15.3. The van der Waals surface area contributed by atoms with E-state index in [0.29, 0.717) is 17.1 Å². The van der Waals surface area contributed by atoms with Crippen LogP contribution in [0.3, 0.4) is 0 Å². The third-order valence-corrected chi connectivity index (χ3v) is 4.42. The molecule has 9 heteroatoms. The number of carbonyl (C=O) groups is 2. The van der Waals surface area contributed by atoms with Gasteiger partial charge in [0, 0.05) is 36.7 Å². The molecule has 8 nitrogen and oxygen atoms in total. The highest BCUT2D eigenvalue weighted by Crippen LogP contribution is 2.17. The zero-order valence-corrected chi connectivity index (χ0v) is 16.3. The Kier molecular flexibility index (Phi) is 7.82. The maximum Gasteiger partial charge on any atom is 0.319 e. The summed E-state index contributed by atoms with van der Waals surface area (Å²) in [5.74, 6) is 0.107. The molecule has 2 aromatic carbocycles. The fourth-order valence-corrected chi connectivity index (χ4v) is 2.57. The third kappa shape index (κ3) is 8.54. The number of hydrogen-bond donors (Lipinski definition) is 3. The Morgan fingerprint density at radius 1 is 0.964 bits per heavy atom. The molecule has 0 aliphatic heterocycles. The van der Waals surface area contributed by atoms with Crippen LogP contribution in [-0.4, -0.2) is 45.5 Å². The zero-order chi connectivity index (χ0) is 20.4. The molecule has 0 aliphatic carbocycles. The van der Waals surface area contributed by atoms with E-state index in [1.54, 1.807) is 36.4 Å². The smallest absolute Gasteiger partial charge is 0.319 e. The first-order valence-electron chi connectivity index (χ1n) is 8.62. The van der Waals surface area contributed by atoms with Gasteiger partial charge in [-0.05, 0) is 24.3 Å². The van der Waals surface area contributed by atoms with Crippen molar-refractivity contribution in [3.8, 4) is 5.75 Å². The lowest BCUT2D eigenvalue weighted by Gasteiger charge is -2.10. The van der Waals surface area contributed by atoms with Gasteiger partial charge in [0.2, 0.25) is 5.91 Å². The normalized spacial score (nSPS) is 10.8. The van der Waals surface area contributed by atoms with Crippen molar-refractivity contribution in [2.24, 2.45) is 0 Å². The van der Waals surface area contributed by atoms with E-state index in [2.05, 4.69) is 16.0 Å². The van der Waals surface area contributed by atoms with Gasteiger partial charge in [-0.3, -0.25) is 4.79 Å². The molecular weight excluding hydrogens is 382 g/mol. The standard InChI is InChI=1S/C19H23N3O5S/c1-28(25,26)13-12-27-17-9-5-8-16(14-17)21-18(23)10-11-20-19(24)22-15-6-3-2-4-7-15/h2-9,14H,10-13H2,1H3,(H,21,23)(H2,20,22,24). The molecule has 2 rings (SSSR count). The Balaban J connectivity index is 1.72. The average Bonchev–Trinajstić information content (AvgIpc) is 2.62. The monoisotopic (exact) mass is 405 g/mol. The highest BCUT2D eigenvalue weighted by Gasteiger charge is 2.07. The second-order valence-corrected chi connectivity index (χ2v) is 8.31. The zero-order valence-electron chi connectivity index (χ0n) is 15.5. The van der Waals surface area contributed by atoms with Crippen LogP contribution < -0.4 is 20.7 Å². The molecule has 0 fully saturated rings. The molecule has 0 heterocycles. The van der Waals surface area contributed by atoms with Crippen LogP contribution in [0.1, 0.15) is 6.42 Å². The Labute approximate surface area is 164 Å². The van der Waals surface area contributed by atoms with Crippen LogP contribution in [0.5, 0.6) is 5.75 Å². The number of carbonyl (C=O) groups excluding carboxylic acids is 2. The van der Waals surface area contributed by atoms with E-state index in [-0.39, 0.29) is 37.3 Å². The first-order chi connectivity index (χ1) is 13.3. The molecule has 0 unspecified atom stereocenters. The van der Waals surface area contributed by atoms with Crippen LogP contribution in [0.15, 0.2) is 54.6 Å². The first-order valence-corrected chi connectivity index (χ1v) is 10.7. The van der Waals surface area contributed by atoms with Gasteiger partial charge in [-0.1, -0.05) is 24.3 Å². The van der Waals surface area contributed by atoms with Crippen molar-refractivity contribution in [1.29, 1.82) is 0 Å². The number of rotatable bonds is 9. The minimum absolute atomic E-state index is 0.0384. The molecule has 0 bridgehead atoms. The van der Waals surface area contributed by atoms with E-state index >= 15 is 0 Å². The second-order valence-electron chi connectivity index (χ2n) is 6.05. The van der Waals surface area contributed by atoms with Gasteiger partial charge < -0.3 is 20.7 Å². The van der Waals surface area contributed by atoms with Gasteiger partial charge in [-0.25, -0.2) is 13.2 Å². The maximum atomic E-state index is 12.0. The largest absolute Gasteiger partial charge is 0.492 e. The molecule has 0 saturated carbocycles. The van der Waals surface area contributed by atoms with Gasteiger partial charge in [-0.2, -0.15) is 0 Å². The summed E-state index contributed by atoms with van der Waals surface area (Å²) in [7, 11) is -3.10. The minimum Gasteiger partial charge on any atom is -0.492 e. The molecule has 150 valence electrons. The molecular formula is C19H23N3O5S. The van der Waals surface area contributed by atoms with E-state index in [1.165, 1.54) is 0 Å². The molecule has 0 atom stereocenters. The molecule has 28 heavy (non-hydrogen) atoms.